The Morgan fingerprint density at radius 3 is 2.41 bits per heavy atom. The summed E-state index contributed by atoms with van der Waals surface area (Å²) in [5, 5.41) is 1.10. The number of aromatic nitrogens is 1. The van der Waals surface area contributed by atoms with Crippen molar-refractivity contribution in [1.29, 1.82) is 0 Å². The zero-order valence-corrected chi connectivity index (χ0v) is 21.1. The average Bonchev–Trinajstić information content (AvgIpc) is 2.76. The number of hydrogen-bond acceptors (Lipinski definition) is 5. The van der Waals surface area contributed by atoms with E-state index in [9.17, 15) is 22.4 Å². The Bertz CT molecular complexity index is 1400. The molecule has 1 aromatic heterocycles. The van der Waals surface area contributed by atoms with E-state index in [1.54, 1.807) is 43.5 Å². The van der Waals surface area contributed by atoms with E-state index in [0.717, 1.165) is 11.8 Å². The molecule has 3 rings (SSSR count). The predicted octanol–water partition coefficient (Wildman–Crippen LogP) is 4.04. The van der Waals surface area contributed by atoms with E-state index in [4.69, 9.17) is 0 Å². The number of aryl methyl sites for hydroxylation is 1. The number of sulfone groups is 1. The van der Waals surface area contributed by atoms with Crippen LogP contribution in [-0.4, -0.2) is 48.8 Å². The zero-order chi connectivity index (χ0) is 25.3. The maximum atomic E-state index is 14.8. The van der Waals surface area contributed by atoms with Crippen molar-refractivity contribution < 1.29 is 17.6 Å². The van der Waals surface area contributed by atoms with Crippen molar-refractivity contribution >= 4 is 26.4 Å². The number of halogens is 1. The highest BCUT2D eigenvalue weighted by atomic mass is 32.2. The van der Waals surface area contributed by atoms with Crippen molar-refractivity contribution in [2.45, 2.75) is 44.5 Å². The van der Waals surface area contributed by atoms with Gasteiger partial charge in [-0.05, 0) is 68.2 Å². The number of Topliss-reactive ketones (excluding diaryl/α,β-unsaturated/α-hetero) is 1. The van der Waals surface area contributed by atoms with Crippen LogP contribution in [0.25, 0.3) is 21.9 Å². The van der Waals surface area contributed by atoms with Crippen molar-refractivity contribution in [3.05, 3.63) is 70.4 Å². The maximum absolute atomic E-state index is 14.8. The maximum Gasteiger partial charge on any atom is 0.258 e. The summed E-state index contributed by atoms with van der Waals surface area (Å²) in [6.45, 7) is 3.78. The Kier molecular flexibility index (Phi) is 7.43. The summed E-state index contributed by atoms with van der Waals surface area (Å²) in [6, 6.07) is 12.0. The summed E-state index contributed by atoms with van der Waals surface area (Å²) in [7, 11) is 0.189. The van der Waals surface area contributed by atoms with Crippen LogP contribution >= 0.6 is 0 Å². The van der Waals surface area contributed by atoms with Gasteiger partial charge in [-0.25, -0.2) is 12.8 Å². The summed E-state index contributed by atoms with van der Waals surface area (Å²) in [5.74, 6) is -0.695. The smallest absolute Gasteiger partial charge is 0.258 e. The molecule has 0 radical (unpaired) electrons. The molecule has 6 nitrogen and oxygen atoms in total. The molecule has 0 unspecified atom stereocenters. The van der Waals surface area contributed by atoms with Crippen molar-refractivity contribution in [1.82, 2.24) is 9.47 Å². The summed E-state index contributed by atoms with van der Waals surface area (Å²) in [5.41, 5.74) is 1.70. The van der Waals surface area contributed by atoms with E-state index in [1.165, 1.54) is 17.6 Å². The van der Waals surface area contributed by atoms with Crippen molar-refractivity contribution in [3.8, 4) is 11.1 Å². The van der Waals surface area contributed by atoms with Crippen LogP contribution in [0, 0.1) is 5.82 Å². The molecule has 0 fully saturated rings. The molecule has 0 saturated carbocycles. The number of ketones is 1. The second-order valence-electron chi connectivity index (χ2n) is 9.20. The third-order valence-electron chi connectivity index (χ3n) is 6.38. The lowest BCUT2D eigenvalue weighted by molar-refractivity contribution is -0.121. The van der Waals surface area contributed by atoms with Crippen LogP contribution in [0.15, 0.2) is 53.5 Å². The number of pyridine rings is 1. The first kappa shape index (κ1) is 25.8. The van der Waals surface area contributed by atoms with Gasteiger partial charge < -0.3 is 9.47 Å². The molecule has 0 amide bonds. The van der Waals surface area contributed by atoms with Crippen molar-refractivity contribution in [2.24, 2.45) is 0 Å². The SMILES string of the molecule is CCC(=O)[C@@](C)(CCn1ccc2cc(-c3ccc(CN(C)C)cc3F)ccc2c1=O)S(C)(=O)=O. The van der Waals surface area contributed by atoms with Gasteiger partial charge in [0.05, 0.1) is 0 Å². The third-order valence-corrected chi connectivity index (χ3v) is 8.45. The monoisotopic (exact) mass is 486 g/mol. The number of hydrogen-bond donors (Lipinski definition) is 0. The Hall–Kier alpha value is -2.84. The molecule has 0 spiro atoms. The molecule has 1 atom stereocenters. The summed E-state index contributed by atoms with van der Waals surface area (Å²) in [4.78, 5) is 27.4. The highest BCUT2D eigenvalue weighted by Gasteiger charge is 2.41. The minimum absolute atomic E-state index is 0.00646. The predicted molar refractivity (Wildman–Crippen MR) is 134 cm³/mol. The van der Waals surface area contributed by atoms with E-state index >= 15 is 0 Å². The van der Waals surface area contributed by atoms with Gasteiger partial charge in [0, 0.05) is 42.9 Å². The molecular weight excluding hydrogens is 455 g/mol. The van der Waals surface area contributed by atoms with Crippen LogP contribution in [-0.2, 0) is 27.7 Å². The van der Waals surface area contributed by atoms with Crippen LogP contribution in [0.5, 0.6) is 0 Å². The molecule has 2 aromatic carbocycles. The van der Waals surface area contributed by atoms with E-state index in [2.05, 4.69) is 0 Å². The van der Waals surface area contributed by atoms with Gasteiger partial charge in [0.2, 0.25) is 0 Å². The minimum Gasteiger partial charge on any atom is -0.315 e. The number of benzene rings is 2. The topological polar surface area (TPSA) is 76.5 Å². The fourth-order valence-electron chi connectivity index (χ4n) is 4.13. The molecule has 0 bridgehead atoms. The second kappa shape index (κ2) is 9.80. The molecular formula is C26H31FN2O4S. The third kappa shape index (κ3) is 5.13. The number of carbonyl (C=O) groups excluding carboxylic acids is 1. The fraction of sp³-hybridized carbons (Fsp3) is 0.385. The van der Waals surface area contributed by atoms with Crippen molar-refractivity contribution in [3.63, 3.8) is 0 Å². The molecule has 8 heteroatoms. The zero-order valence-electron chi connectivity index (χ0n) is 20.3. The normalized spacial score (nSPS) is 13.9. The van der Waals surface area contributed by atoms with Gasteiger partial charge in [-0.1, -0.05) is 25.1 Å². The first-order chi connectivity index (χ1) is 15.9. The Labute approximate surface area is 199 Å². The Morgan fingerprint density at radius 2 is 1.82 bits per heavy atom. The Balaban J connectivity index is 1.93. The average molecular weight is 487 g/mol. The van der Waals surface area contributed by atoms with Crippen LogP contribution in [0.4, 0.5) is 4.39 Å². The molecule has 3 aromatic rings. The minimum atomic E-state index is -3.65. The van der Waals surface area contributed by atoms with Crippen LogP contribution in [0.1, 0.15) is 32.3 Å². The van der Waals surface area contributed by atoms with Gasteiger partial charge in [0.1, 0.15) is 10.6 Å². The van der Waals surface area contributed by atoms with Crippen molar-refractivity contribution in [2.75, 3.05) is 20.4 Å². The lowest BCUT2D eigenvalue weighted by Crippen LogP contribution is -2.44. The van der Waals surface area contributed by atoms with Crippen LogP contribution in [0.2, 0.25) is 0 Å². The molecule has 0 aliphatic heterocycles. The fourth-order valence-corrected chi connectivity index (χ4v) is 5.15. The van der Waals surface area contributed by atoms with E-state index < -0.39 is 14.6 Å². The van der Waals surface area contributed by atoms with E-state index in [-0.39, 0.29) is 36.5 Å². The van der Waals surface area contributed by atoms with E-state index in [1.807, 2.05) is 25.1 Å². The first-order valence-corrected chi connectivity index (χ1v) is 13.1. The Morgan fingerprint density at radius 1 is 1.12 bits per heavy atom. The molecule has 0 aliphatic rings. The molecule has 1 heterocycles. The molecule has 182 valence electrons. The standard InChI is InChI=1S/C26H31FN2O4S/c1-6-24(30)26(2,34(5,32)33)12-14-29-13-11-20-16-19(8-10-22(20)25(29)31)21-9-7-18(15-23(21)27)17-28(3)4/h7-11,13,15-16H,6,12,14,17H2,1-5H3/t26-/m1/s1. The van der Waals surface area contributed by atoms with Gasteiger partial charge >= 0.3 is 0 Å². The highest BCUT2D eigenvalue weighted by Crippen LogP contribution is 2.27. The van der Waals surface area contributed by atoms with Crippen LogP contribution in [0.3, 0.4) is 0 Å². The number of fused-ring (bicyclic) bond motifs is 1. The molecule has 0 aliphatic carbocycles. The molecule has 0 N–H and O–H groups in total. The lowest BCUT2D eigenvalue weighted by atomic mass is 9.99. The van der Waals surface area contributed by atoms with Crippen LogP contribution < -0.4 is 5.56 Å². The highest BCUT2D eigenvalue weighted by molar-refractivity contribution is 7.92. The quantitative estimate of drug-likeness (QED) is 0.456. The largest absolute Gasteiger partial charge is 0.315 e. The number of rotatable bonds is 9. The van der Waals surface area contributed by atoms with Gasteiger partial charge in [-0.3, -0.25) is 9.59 Å². The van der Waals surface area contributed by atoms with E-state index in [0.29, 0.717) is 28.4 Å². The summed E-state index contributed by atoms with van der Waals surface area (Å²) >= 11 is 0. The molecule has 34 heavy (non-hydrogen) atoms. The summed E-state index contributed by atoms with van der Waals surface area (Å²) < 4.78 is 39.3. The first-order valence-electron chi connectivity index (χ1n) is 11.2. The second-order valence-corrected chi connectivity index (χ2v) is 11.6. The van der Waals surface area contributed by atoms with Gasteiger partial charge in [0.15, 0.2) is 15.6 Å². The molecule has 0 saturated heterocycles. The van der Waals surface area contributed by atoms with Gasteiger partial charge in [-0.15, -0.1) is 0 Å². The number of nitrogens with zero attached hydrogens (tertiary/aromatic N) is 2. The number of carbonyl (C=O) groups is 1. The summed E-state index contributed by atoms with van der Waals surface area (Å²) in [6.07, 6.45) is 2.75. The lowest BCUT2D eigenvalue weighted by Gasteiger charge is -2.26. The van der Waals surface area contributed by atoms with Gasteiger partial charge in [-0.2, -0.15) is 0 Å². The van der Waals surface area contributed by atoms with Gasteiger partial charge in [0.25, 0.3) is 5.56 Å².